The van der Waals surface area contributed by atoms with Crippen molar-refractivity contribution in [2.75, 3.05) is 0 Å². The van der Waals surface area contributed by atoms with E-state index >= 15 is 0 Å². The zero-order valence-corrected chi connectivity index (χ0v) is 11.6. The summed E-state index contributed by atoms with van der Waals surface area (Å²) in [6.45, 7) is 10.9. The van der Waals surface area contributed by atoms with E-state index in [1.54, 1.807) is 0 Å². The fourth-order valence-corrected chi connectivity index (χ4v) is 2.02. The van der Waals surface area contributed by atoms with Crippen molar-refractivity contribution in [3.63, 3.8) is 0 Å². The fraction of sp³-hybridized carbons (Fsp3) is 0.533. The van der Waals surface area contributed by atoms with Gasteiger partial charge in [-0.15, -0.1) is 0 Å². The van der Waals surface area contributed by atoms with Crippen LogP contribution in [0.5, 0.6) is 0 Å². The fourth-order valence-electron chi connectivity index (χ4n) is 2.02. The summed E-state index contributed by atoms with van der Waals surface area (Å²) in [7, 11) is 0. The van der Waals surface area contributed by atoms with Gasteiger partial charge in [0.2, 0.25) is 5.91 Å². The number of nitrogens with one attached hydrogen (secondary N) is 1. The van der Waals surface area contributed by atoms with Crippen molar-refractivity contribution in [3.05, 3.63) is 34.4 Å². The van der Waals surface area contributed by atoms with Crippen molar-refractivity contribution in [1.29, 1.82) is 0 Å². The first-order valence-electron chi connectivity index (χ1n) is 6.30. The Hall–Kier alpha value is -1.31. The molecule has 1 rings (SSSR count). The first-order valence-corrected chi connectivity index (χ1v) is 6.30. The molecule has 1 aromatic carbocycles. The van der Waals surface area contributed by atoms with Crippen molar-refractivity contribution < 1.29 is 4.79 Å². The Bertz CT molecular complexity index is 386. The lowest BCUT2D eigenvalue weighted by molar-refractivity contribution is -0.124. The predicted octanol–water partition coefficient (Wildman–Crippen LogP) is 3.27. The Morgan fingerprint density at radius 1 is 1.24 bits per heavy atom. The predicted molar refractivity (Wildman–Crippen MR) is 72.0 cm³/mol. The molecule has 0 bridgehead atoms. The number of hydrogen-bond acceptors (Lipinski definition) is 1. The van der Waals surface area contributed by atoms with E-state index in [0.717, 1.165) is 6.42 Å². The van der Waals surface area contributed by atoms with Crippen LogP contribution in [0.25, 0.3) is 0 Å². The maximum Gasteiger partial charge on any atom is 0.223 e. The van der Waals surface area contributed by atoms with Crippen molar-refractivity contribution in [3.8, 4) is 0 Å². The van der Waals surface area contributed by atoms with Crippen LogP contribution < -0.4 is 5.32 Å². The van der Waals surface area contributed by atoms with E-state index in [4.69, 9.17) is 0 Å². The van der Waals surface area contributed by atoms with E-state index in [2.05, 4.69) is 38.2 Å². The van der Waals surface area contributed by atoms with Crippen LogP contribution in [0.1, 0.15) is 42.5 Å². The van der Waals surface area contributed by atoms with Crippen LogP contribution in [0.15, 0.2) is 12.1 Å². The molecule has 1 aromatic rings. The normalized spacial score (nSPS) is 12.3. The number of rotatable bonds is 4. The molecule has 0 aliphatic carbocycles. The number of benzene rings is 1. The second-order valence-corrected chi connectivity index (χ2v) is 4.90. The van der Waals surface area contributed by atoms with Gasteiger partial charge in [0.15, 0.2) is 0 Å². The second kappa shape index (κ2) is 5.85. The van der Waals surface area contributed by atoms with Gasteiger partial charge in [-0.05, 0) is 43.9 Å². The molecular weight excluding hydrogens is 210 g/mol. The molecule has 0 aromatic heterocycles. The molecule has 1 unspecified atom stereocenters. The molecule has 1 amide bonds. The number of amides is 1. The Labute approximate surface area is 104 Å². The first-order chi connectivity index (χ1) is 7.95. The molecule has 0 spiro atoms. The van der Waals surface area contributed by atoms with Crippen molar-refractivity contribution in [1.82, 2.24) is 5.32 Å². The number of aryl methyl sites for hydroxylation is 3. The summed E-state index contributed by atoms with van der Waals surface area (Å²) in [5, 5.41) is 3.01. The van der Waals surface area contributed by atoms with Gasteiger partial charge < -0.3 is 5.32 Å². The smallest absolute Gasteiger partial charge is 0.223 e. The molecule has 0 aliphatic heterocycles. The maximum atomic E-state index is 11.7. The average Bonchev–Trinajstić information content (AvgIpc) is 2.26. The van der Waals surface area contributed by atoms with E-state index in [0.29, 0.717) is 6.54 Å². The maximum absolute atomic E-state index is 11.7. The minimum absolute atomic E-state index is 0.0982. The Morgan fingerprint density at radius 2 is 1.76 bits per heavy atom. The minimum Gasteiger partial charge on any atom is -0.352 e. The molecule has 2 nitrogen and oxygen atoms in total. The highest BCUT2D eigenvalue weighted by atomic mass is 16.1. The van der Waals surface area contributed by atoms with E-state index in [9.17, 15) is 4.79 Å². The van der Waals surface area contributed by atoms with Crippen LogP contribution in [-0.2, 0) is 11.3 Å². The van der Waals surface area contributed by atoms with Crippen LogP contribution in [0.2, 0.25) is 0 Å². The van der Waals surface area contributed by atoms with Crippen molar-refractivity contribution >= 4 is 5.91 Å². The van der Waals surface area contributed by atoms with Gasteiger partial charge in [-0.25, -0.2) is 0 Å². The van der Waals surface area contributed by atoms with Gasteiger partial charge in [0.05, 0.1) is 0 Å². The average molecular weight is 233 g/mol. The molecule has 0 aliphatic rings. The summed E-state index contributed by atoms with van der Waals surface area (Å²) >= 11 is 0. The highest BCUT2D eigenvalue weighted by molar-refractivity contribution is 5.78. The monoisotopic (exact) mass is 233 g/mol. The lowest BCUT2D eigenvalue weighted by Gasteiger charge is -2.14. The Morgan fingerprint density at radius 3 is 2.24 bits per heavy atom. The Kier molecular flexibility index (Phi) is 4.73. The van der Waals surface area contributed by atoms with Crippen molar-refractivity contribution in [2.45, 2.75) is 47.6 Å². The quantitative estimate of drug-likeness (QED) is 0.849. The Balaban J connectivity index is 2.73. The molecule has 0 radical (unpaired) electrons. The van der Waals surface area contributed by atoms with Gasteiger partial charge in [0, 0.05) is 12.5 Å². The zero-order chi connectivity index (χ0) is 13.0. The molecule has 2 heteroatoms. The second-order valence-electron chi connectivity index (χ2n) is 4.90. The lowest BCUT2D eigenvalue weighted by Crippen LogP contribution is -2.28. The first kappa shape index (κ1) is 13.8. The highest BCUT2D eigenvalue weighted by Crippen LogP contribution is 2.16. The van der Waals surface area contributed by atoms with Gasteiger partial charge in [-0.3, -0.25) is 4.79 Å². The molecule has 0 heterocycles. The van der Waals surface area contributed by atoms with E-state index in [1.807, 2.05) is 13.8 Å². The van der Waals surface area contributed by atoms with Gasteiger partial charge >= 0.3 is 0 Å². The number of carbonyl (C=O) groups is 1. The largest absolute Gasteiger partial charge is 0.352 e. The lowest BCUT2D eigenvalue weighted by atomic mass is 9.99. The topological polar surface area (TPSA) is 29.1 Å². The third-order valence-corrected chi connectivity index (χ3v) is 3.34. The summed E-state index contributed by atoms with van der Waals surface area (Å²) < 4.78 is 0. The summed E-state index contributed by atoms with van der Waals surface area (Å²) in [6, 6.07) is 4.33. The molecule has 0 saturated carbocycles. The summed E-state index contributed by atoms with van der Waals surface area (Å²) in [5.41, 5.74) is 5.03. The van der Waals surface area contributed by atoms with Gasteiger partial charge in [0.25, 0.3) is 0 Å². The molecule has 0 saturated heterocycles. The molecule has 0 fully saturated rings. The van der Waals surface area contributed by atoms with E-state index < -0.39 is 0 Å². The van der Waals surface area contributed by atoms with E-state index in [1.165, 1.54) is 22.3 Å². The van der Waals surface area contributed by atoms with Crippen LogP contribution in [0, 0.1) is 26.7 Å². The number of carbonyl (C=O) groups excluding carboxylic acids is 1. The molecule has 1 atom stereocenters. The molecular formula is C15H23NO. The van der Waals surface area contributed by atoms with Crippen molar-refractivity contribution in [2.24, 2.45) is 5.92 Å². The van der Waals surface area contributed by atoms with Crippen LogP contribution in [0.4, 0.5) is 0 Å². The summed E-state index contributed by atoms with van der Waals surface area (Å²) in [4.78, 5) is 11.7. The van der Waals surface area contributed by atoms with Gasteiger partial charge in [0.1, 0.15) is 0 Å². The highest BCUT2D eigenvalue weighted by Gasteiger charge is 2.11. The standard InChI is InChI=1S/C15H23NO/c1-6-11(3)15(17)16-9-14-12(4)7-10(2)8-13(14)5/h7-8,11H,6,9H2,1-5H3,(H,16,17). The van der Waals surface area contributed by atoms with E-state index in [-0.39, 0.29) is 11.8 Å². The van der Waals surface area contributed by atoms with Crippen LogP contribution >= 0.6 is 0 Å². The summed E-state index contributed by atoms with van der Waals surface area (Å²) in [6.07, 6.45) is 0.887. The van der Waals surface area contributed by atoms with Crippen LogP contribution in [0.3, 0.4) is 0 Å². The third-order valence-electron chi connectivity index (χ3n) is 3.34. The molecule has 1 N–H and O–H groups in total. The molecule has 94 valence electrons. The number of hydrogen-bond donors (Lipinski definition) is 1. The minimum atomic E-state index is 0.0982. The van der Waals surface area contributed by atoms with Gasteiger partial charge in [-0.2, -0.15) is 0 Å². The van der Waals surface area contributed by atoms with Gasteiger partial charge in [-0.1, -0.05) is 31.5 Å². The van der Waals surface area contributed by atoms with Crippen LogP contribution in [-0.4, -0.2) is 5.91 Å². The molecule has 17 heavy (non-hydrogen) atoms. The zero-order valence-electron chi connectivity index (χ0n) is 11.6. The SMILES string of the molecule is CCC(C)C(=O)NCc1c(C)cc(C)cc1C. The third kappa shape index (κ3) is 3.58. The summed E-state index contributed by atoms with van der Waals surface area (Å²) in [5.74, 6) is 0.243.